The molecule has 120 valence electrons. The quantitative estimate of drug-likeness (QED) is 0.457. The molecule has 9 heteroatoms. The number of aryl methyl sites for hydroxylation is 1. The summed E-state index contributed by atoms with van der Waals surface area (Å²) in [5, 5.41) is 10.1. The van der Waals surface area contributed by atoms with Crippen molar-refractivity contribution in [3.05, 3.63) is 33.0 Å². The van der Waals surface area contributed by atoms with Crippen LogP contribution in [0.1, 0.15) is 6.92 Å². The van der Waals surface area contributed by atoms with Gasteiger partial charge in [-0.05, 0) is 6.92 Å². The van der Waals surface area contributed by atoms with Crippen LogP contribution in [0.5, 0.6) is 0 Å². The Morgan fingerprint density at radius 3 is 2.82 bits per heavy atom. The van der Waals surface area contributed by atoms with Crippen LogP contribution in [0.2, 0.25) is 0 Å². The SMILES string of the molecule is C=C(C)Cn1c(SCC(O)CCl)nc2c1c(=O)[nH]c(=O)n2C. The number of nitrogens with zero attached hydrogens (tertiary/aromatic N) is 3. The lowest BCUT2D eigenvalue weighted by Crippen LogP contribution is -2.29. The number of alkyl halides is 1. The smallest absolute Gasteiger partial charge is 0.329 e. The standard InChI is InChI=1S/C13H17ClN4O3S/c1-7(2)5-18-9-10(17(3)12(21)16-11(9)20)15-13(18)22-6-8(19)4-14/h8,19H,1,4-6H2,2-3H3,(H,16,20,21). The molecule has 2 N–H and O–H groups in total. The molecule has 0 aliphatic rings. The van der Waals surface area contributed by atoms with E-state index in [1.807, 2.05) is 6.92 Å². The molecule has 0 aliphatic carbocycles. The Balaban J connectivity index is 2.61. The van der Waals surface area contributed by atoms with Gasteiger partial charge in [-0.2, -0.15) is 0 Å². The average Bonchev–Trinajstić information content (AvgIpc) is 2.80. The highest BCUT2D eigenvalue weighted by Crippen LogP contribution is 2.23. The number of hydrogen-bond donors (Lipinski definition) is 2. The van der Waals surface area contributed by atoms with Crippen LogP contribution in [0.4, 0.5) is 0 Å². The monoisotopic (exact) mass is 344 g/mol. The Kier molecular flexibility index (Phi) is 5.15. The van der Waals surface area contributed by atoms with Crippen LogP contribution in [-0.4, -0.2) is 41.9 Å². The van der Waals surface area contributed by atoms with Gasteiger partial charge in [0.2, 0.25) is 0 Å². The van der Waals surface area contributed by atoms with Crippen LogP contribution in [-0.2, 0) is 13.6 Å². The summed E-state index contributed by atoms with van der Waals surface area (Å²) in [5.41, 5.74) is 0.449. The van der Waals surface area contributed by atoms with Crippen LogP contribution >= 0.6 is 23.4 Å². The van der Waals surface area contributed by atoms with Gasteiger partial charge in [0.1, 0.15) is 0 Å². The Labute approximate surface area is 135 Å². The maximum absolute atomic E-state index is 12.1. The maximum Gasteiger partial charge on any atom is 0.329 e. The summed E-state index contributed by atoms with van der Waals surface area (Å²) >= 11 is 6.87. The number of H-pyrrole nitrogens is 1. The van der Waals surface area contributed by atoms with Gasteiger partial charge >= 0.3 is 5.69 Å². The van der Waals surface area contributed by atoms with Crippen molar-refractivity contribution in [1.82, 2.24) is 19.1 Å². The molecule has 0 aliphatic heterocycles. The molecule has 0 aromatic carbocycles. The summed E-state index contributed by atoms with van der Waals surface area (Å²) in [6, 6.07) is 0. The molecule has 2 aromatic rings. The number of imidazole rings is 1. The summed E-state index contributed by atoms with van der Waals surface area (Å²) in [6.07, 6.45) is -0.674. The lowest BCUT2D eigenvalue weighted by atomic mass is 10.3. The van der Waals surface area contributed by atoms with E-state index in [0.717, 1.165) is 5.57 Å². The van der Waals surface area contributed by atoms with Crippen LogP contribution in [0.15, 0.2) is 26.9 Å². The van der Waals surface area contributed by atoms with Crippen molar-refractivity contribution in [3.8, 4) is 0 Å². The first-order valence-electron chi connectivity index (χ1n) is 6.56. The van der Waals surface area contributed by atoms with E-state index in [0.29, 0.717) is 28.6 Å². The van der Waals surface area contributed by atoms with E-state index in [4.69, 9.17) is 11.6 Å². The zero-order valence-corrected chi connectivity index (χ0v) is 13.9. The Morgan fingerprint density at radius 2 is 2.23 bits per heavy atom. The normalized spacial score (nSPS) is 12.7. The number of aliphatic hydroxyl groups excluding tert-OH is 1. The molecule has 2 aromatic heterocycles. The van der Waals surface area contributed by atoms with Crippen LogP contribution in [0, 0.1) is 0 Å². The summed E-state index contributed by atoms with van der Waals surface area (Å²) in [5.74, 6) is 0.460. The molecule has 2 rings (SSSR count). The highest BCUT2D eigenvalue weighted by atomic mass is 35.5. The predicted octanol–water partition coefficient (Wildman–Crippen LogP) is 0.691. The summed E-state index contributed by atoms with van der Waals surface area (Å²) < 4.78 is 2.98. The van der Waals surface area contributed by atoms with Crippen molar-refractivity contribution < 1.29 is 5.11 Å². The third-order valence-electron chi connectivity index (χ3n) is 2.98. The average molecular weight is 345 g/mol. The van der Waals surface area contributed by atoms with E-state index >= 15 is 0 Å². The third-order valence-corrected chi connectivity index (χ3v) is 4.46. The molecule has 0 fully saturated rings. The molecular weight excluding hydrogens is 328 g/mol. The van der Waals surface area contributed by atoms with Gasteiger partial charge < -0.3 is 9.67 Å². The van der Waals surface area contributed by atoms with Crippen molar-refractivity contribution in [1.29, 1.82) is 0 Å². The molecule has 0 spiro atoms. The van der Waals surface area contributed by atoms with Crippen LogP contribution in [0.3, 0.4) is 0 Å². The van der Waals surface area contributed by atoms with E-state index < -0.39 is 17.4 Å². The van der Waals surface area contributed by atoms with E-state index in [1.165, 1.54) is 16.3 Å². The van der Waals surface area contributed by atoms with Gasteiger partial charge in [-0.25, -0.2) is 9.78 Å². The maximum atomic E-state index is 12.1. The molecule has 0 saturated heterocycles. The van der Waals surface area contributed by atoms with Crippen molar-refractivity contribution in [2.24, 2.45) is 7.05 Å². The largest absolute Gasteiger partial charge is 0.391 e. The van der Waals surface area contributed by atoms with Crippen molar-refractivity contribution in [3.63, 3.8) is 0 Å². The van der Waals surface area contributed by atoms with E-state index in [9.17, 15) is 14.7 Å². The number of nitrogens with one attached hydrogen (secondary N) is 1. The topological polar surface area (TPSA) is 92.9 Å². The zero-order valence-electron chi connectivity index (χ0n) is 12.3. The minimum absolute atomic E-state index is 0.118. The molecule has 2 heterocycles. The molecule has 0 bridgehead atoms. The van der Waals surface area contributed by atoms with Gasteiger partial charge in [0.15, 0.2) is 16.3 Å². The Bertz CT molecular complexity index is 823. The van der Waals surface area contributed by atoms with Gasteiger partial charge in [-0.15, -0.1) is 11.6 Å². The molecule has 7 nitrogen and oxygen atoms in total. The highest BCUT2D eigenvalue weighted by molar-refractivity contribution is 7.99. The first-order valence-corrected chi connectivity index (χ1v) is 8.08. The van der Waals surface area contributed by atoms with Gasteiger partial charge in [-0.1, -0.05) is 23.9 Å². The number of aromatic amines is 1. The second-order valence-corrected chi connectivity index (χ2v) is 6.34. The van der Waals surface area contributed by atoms with Crippen molar-refractivity contribution in [2.45, 2.75) is 24.7 Å². The molecule has 1 unspecified atom stereocenters. The molecule has 0 saturated carbocycles. The number of rotatable bonds is 6. The first-order chi connectivity index (χ1) is 10.3. The predicted molar refractivity (Wildman–Crippen MR) is 87.9 cm³/mol. The molecule has 22 heavy (non-hydrogen) atoms. The van der Waals surface area contributed by atoms with Crippen molar-refractivity contribution in [2.75, 3.05) is 11.6 Å². The molecule has 0 radical (unpaired) electrons. The van der Waals surface area contributed by atoms with E-state index in [2.05, 4.69) is 16.5 Å². The number of allylic oxidation sites excluding steroid dienone is 1. The summed E-state index contributed by atoms with van der Waals surface area (Å²) in [4.78, 5) is 30.4. The van der Waals surface area contributed by atoms with Gasteiger partial charge in [0.05, 0.1) is 6.10 Å². The number of fused-ring (bicyclic) bond motifs is 1. The second-order valence-electron chi connectivity index (χ2n) is 5.05. The Hall–Kier alpha value is -1.51. The second kappa shape index (κ2) is 6.72. The molecule has 0 amide bonds. The van der Waals surface area contributed by atoms with Crippen LogP contribution < -0.4 is 11.2 Å². The fourth-order valence-electron chi connectivity index (χ4n) is 1.96. The number of hydrogen-bond acceptors (Lipinski definition) is 5. The number of halogens is 1. The lowest BCUT2D eigenvalue weighted by molar-refractivity contribution is 0.223. The highest BCUT2D eigenvalue weighted by Gasteiger charge is 2.18. The number of aromatic nitrogens is 4. The fourth-order valence-corrected chi connectivity index (χ4v) is 3.12. The van der Waals surface area contributed by atoms with E-state index in [1.54, 1.807) is 11.6 Å². The first kappa shape index (κ1) is 16.9. The van der Waals surface area contributed by atoms with Gasteiger partial charge in [0.25, 0.3) is 5.56 Å². The van der Waals surface area contributed by atoms with Gasteiger partial charge in [0, 0.05) is 25.2 Å². The van der Waals surface area contributed by atoms with Crippen LogP contribution in [0.25, 0.3) is 11.2 Å². The third kappa shape index (κ3) is 3.29. The molecular formula is C13H17ClN4O3S. The minimum Gasteiger partial charge on any atom is -0.391 e. The summed E-state index contributed by atoms with van der Waals surface area (Å²) in [7, 11) is 1.54. The molecule has 1 atom stereocenters. The lowest BCUT2D eigenvalue weighted by Gasteiger charge is -2.09. The number of aliphatic hydroxyl groups is 1. The number of thioether (sulfide) groups is 1. The zero-order chi connectivity index (χ0) is 16.4. The minimum atomic E-state index is -0.674. The fraction of sp³-hybridized carbons (Fsp3) is 0.462. The van der Waals surface area contributed by atoms with E-state index in [-0.39, 0.29) is 5.88 Å². The van der Waals surface area contributed by atoms with Gasteiger partial charge in [-0.3, -0.25) is 14.3 Å². The van der Waals surface area contributed by atoms with Crippen molar-refractivity contribution >= 4 is 34.5 Å². The Morgan fingerprint density at radius 1 is 1.55 bits per heavy atom. The summed E-state index contributed by atoms with van der Waals surface area (Å²) in [6.45, 7) is 6.09.